The van der Waals surface area contributed by atoms with E-state index < -0.39 is 0 Å². The summed E-state index contributed by atoms with van der Waals surface area (Å²) in [4.78, 5) is 42.5. The van der Waals surface area contributed by atoms with Crippen molar-refractivity contribution >= 4 is 23.4 Å². The van der Waals surface area contributed by atoms with Gasteiger partial charge in [-0.1, -0.05) is 0 Å². The maximum absolute atomic E-state index is 12.5. The van der Waals surface area contributed by atoms with E-state index in [1.54, 1.807) is 18.7 Å². The maximum atomic E-state index is 12.5. The Morgan fingerprint density at radius 3 is 2.70 bits per heavy atom. The Morgan fingerprint density at radius 1 is 1.35 bits per heavy atom. The number of Topliss-reactive ketones (excluding diaryl/α,β-unsaturated/α-hetero) is 1. The fourth-order valence-electron chi connectivity index (χ4n) is 2.22. The number of rotatable bonds is 4. The van der Waals surface area contributed by atoms with Crippen LogP contribution in [0.4, 0.5) is 5.82 Å². The highest BCUT2D eigenvalue weighted by Crippen LogP contribution is 2.22. The van der Waals surface area contributed by atoms with Crippen LogP contribution in [0.1, 0.15) is 30.3 Å². The molecule has 1 aromatic heterocycles. The zero-order valence-corrected chi connectivity index (χ0v) is 11.9. The number of imidazole rings is 1. The monoisotopic (exact) mass is 278 g/mol. The fourth-order valence-corrected chi connectivity index (χ4v) is 2.22. The summed E-state index contributed by atoms with van der Waals surface area (Å²) in [6, 6.07) is 0. The molecule has 1 aliphatic rings. The van der Waals surface area contributed by atoms with Crippen LogP contribution < -0.4 is 4.90 Å². The summed E-state index contributed by atoms with van der Waals surface area (Å²) < 4.78 is 1.62. The topological polar surface area (TPSA) is 75.5 Å². The van der Waals surface area contributed by atoms with Gasteiger partial charge in [0.15, 0.2) is 11.5 Å². The summed E-state index contributed by atoms with van der Waals surface area (Å²) in [5, 5.41) is 0. The molecule has 1 aliphatic heterocycles. The number of nitrogens with zero attached hydrogens (tertiary/aromatic N) is 4. The van der Waals surface area contributed by atoms with Crippen molar-refractivity contribution in [2.75, 3.05) is 25.0 Å². The molecule has 2 amide bonds. The molecular formula is C13H18N4O3. The smallest absolute Gasteiger partial charge is 0.274 e. The van der Waals surface area contributed by atoms with E-state index in [1.807, 2.05) is 0 Å². The molecular weight excluding hydrogens is 260 g/mol. The van der Waals surface area contributed by atoms with Gasteiger partial charge < -0.3 is 14.3 Å². The van der Waals surface area contributed by atoms with Gasteiger partial charge in [0.1, 0.15) is 12.3 Å². The van der Waals surface area contributed by atoms with E-state index in [9.17, 15) is 14.4 Å². The summed E-state index contributed by atoms with van der Waals surface area (Å²) in [6.07, 6.45) is 2.49. The zero-order valence-electron chi connectivity index (χ0n) is 11.9. The third-order valence-electron chi connectivity index (χ3n) is 3.38. The minimum Gasteiger partial charge on any atom is -0.328 e. The van der Waals surface area contributed by atoms with Gasteiger partial charge in [-0.15, -0.1) is 0 Å². The van der Waals surface area contributed by atoms with Gasteiger partial charge in [-0.25, -0.2) is 4.98 Å². The highest BCUT2D eigenvalue weighted by atomic mass is 16.2. The highest BCUT2D eigenvalue weighted by Gasteiger charge is 2.32. The second-order valence-electron chi connectivity index (χ2n) is 5.01. The number of aromatic nitrogens is 2. The number of likely N-dealkylation sites (N-methyl/N-ethyl adjacent to an activating group) is 1. The maximum Gasteiger partial charge on any atom is 0.274 e. The van der Waals surface area contributed by atoms with Gasteiger partial charge >= 0.3 is 0 Å². The Kier molecular flexibility index (Phi) is 3.87. The molecule has 0 N–H and O–H groups in total. The number of aryl methyl sites for hydroxylation is 1. The summed E-state index contributed by atoms with van der Waals surface area (Å²) in [6.45, 7) is 1.93. The minimum atomic E-state index is -0.221. The van der Waals surface area contributed by atoms with Crippen LogP contribution >= 0.6 is 0 Å². The number of carbonyl (C=O) groups excluding carboxylic acids is 3. The normalized spacial score (nSPS) is 15.3. The van der Waals surface area contributed by atoms with Crippen molar-refractivity contribution in [3.8, 4) is 0 Å². The highest BCUT2D eigenvalue weighted by molar-refractivity contribution is 6.07. The summed E-state index contributed by atoms with van der Waals surface area (Å²) in [5.74, 6) is 0.0633. The van der Waals surface area contributed by atoms with Crippen molar-refractivity contribution < 1.29 is 14.4 Å². The van der Waals surface area contributed by atoms with Crippen LogP contribution in [0, 0.1) is 0 Å². The molecule has 0 radical (unpaired) electrons. The van der Waals surface area contributed by atoms with E-state index in [1.165, 1.54) is 23.1 Å². The van der Waals surface area contributed by atoms with Crippen LogP contribution in [0.3, 0.4) is 0 Å². The first-order valence-electron chi connectivity index (χ1n) is 6.48. The molecule has 2 rings (SSSR count). The number of hydrogen-bond acceptors (Lipinski definition) is 4. The molecule has 0 bridgehead atoms. The standard InChI is InChI=1S/C13H18N4O3/c1-9(18)5-4-6-17-7-10(19)16(3)12-11(13(17)20)15(2)8-14-12/h8H,4-7H2,1-3H3. The van der Waals surface area contributed by atoms with E-state index in [4.69, 9.17) is 0 Å². The molecule has 0 fully saturated rings. The third kappa shape index (κ3) is 2.56. The molecule has 0 aliphatic carbocycles. The van der Waals surface area contributed by atoms with Crippen molar-refractivity contribution in [3.05, 3.63) is 12.0 Å². The Labute approximate surface area is 117 Å². The fraction of sp³-hybridized carbons (Fsp3) is 0.538. The van der Waals surface area contributed by atoms with Crippen molar-refractivity contribution in [2.24, 2.45) is 7.05 Å². The average molecular weight is 278 g/mol. The lowest BCUT2D eigenvalue weighted by Crippen LogP contribution is -2.39. The van der Waals surface area contributed by atoms with E-state index >= 15 is 0 Å². The largest absolute Gasteiger partial charge is 0.328 e. The molecule has 0 saturated carbocycles. The number of amides is 2. The number of ketones is 1. The first kappa shape index (κ1) is 14.2. The van der Waals surface area contributed by atoms with Crippen LogP contribution in [-0.2, 0) is 16.6 Å². The Balaban J connectivity index is 2.24. The van der Waals surface area contributed by atoms with Gasteiger partial charge in [0, 0.05) is 27.1 Å². The van der Waals surface area contributed by atoms with Crippen molar-refractivity contribution in [2.45, 2.75) is 19.8 Å². The first-order valence-corrected chi connectivity index (χ1v) is 6.48. The van der Waals surface area contributed by atoms with Gasteiger partial charge in [-0.2, -0.15) is 0 Å². The van der Waals surface area contributed by atoms with Crippen LogP contribution in [-0.4, -0.2) is 52.2 Å². The number of anilines is 1. The quantitative estimate of drug-likeness (QED) is 0.789. The molecule has 0 atom stereocenters. The first-order chi connectivity index (χ1) is 9.41. The van der Waals surface area contributed by atoms with Crippen LogP contribution in [0.2, 0.25) is 0 Å². The second kappa shape index (κ2) is 5.44. The summed E-state index contributed by atoms with van der Waals surface area (Å²) in [5.41, 5.74) is 0.404. The molecule has 1 aromatic rings. The third-order valence-corrected chi connectivity index (χ3v) is 3.38. The molecule has 0 unspecified atom stereocenters. The van der Waals surface area contributed by atoms with Crippen molar-refractivity contribution in [1.82, 2.24) is 14.5 Å². The molecule has 0 saturated heterocycles. The minimum absolute atomic E-state index is 0.0175. The predicted molar refractivity (Wildman–Crippen MR) is 72.4 cm³/mol. The lowest BCUT2D eigenvalue weighted by molar-refractivity contribution is -0.118. The number of hydrogen-bond donors (Lipinski definition) is 0. The van der Waals surface area contributed by atoms with Crippen LogP contribution in [0.15, 0.2) is 6.33 Å². The molecule has 7 nitrogen and oxygen atoms in total. The molecule has 7 heteroatoms. The van der Waals surface area contributed by atoms with Gasteiger partial charge in [0.25, 0.3) is 5.91 Å². The predicted octanol–water partition coefficient (Wildman–Crippen LogP) is 0.208. The Bertz CT molecular complexity index is 564. The molecule has 0 spiro atoms. The molecule has 108 valence electrons. The average Bonchev–Trinajstić information content (AvgIpc) is 2.73. The van der Waals surface area contributed by atoms with E-state index in [0.717, 1.165) is 0 Å². The Hall–Kier alpha value is -2.18. The van der Waals surface area contributed by atoms with Crippen LogP contribution in [0.5, 0.6) is 0 Å². The van der Waals surface area contributed by atoms with Crippen molar-refractivity contribution in [3.63, 3.8) is 0 Å². The lowest BCUT2D eigenvalue weighted by atomic mass is 10.2. The van der Waals surface area contributed by atoms with Gasteiger partial charge in [0.2, 0.25) is 5.91 Å². The number of fused-ring (bicyclic) bond motifs is 1. The molecule has 0 aromatic carbocycles. The lowest BCUT2D eigenvalue weighted by Gasteiger charge is -2.19. The van der Waals surface area contributed by atoms with Gasteiger partial charge in [0.05, 0.1) is 6.33 Å². The SMILES string of the molecule is CC(=O)CCCN1CC(=O)N(C)c2ncn(C)c2C1=O. The van der Waals surface area contributed by atoms with E-state index in [2.05, 4.69) is 4.98 Å². The summed E-state index contributed by atoms with van der Waals surface area (Å²) >= 11 is 0. The second-order valence-corrected chi connectivity index (χ2v) is 5.01. The van der Waals surface area contributed by atoms with E-state index in [0.29, 0.717) is 30.9 Å². The van der Waals surface area contributed by atoms with Gasteiger partial charge in [-0.05, 0) is 13.3 Å². The van der Waals surface area contributed by atoms with Crippen molar-refractivity contribution in [1.29, 1.82) is 0 Å². The van der Waals surface area contributed by atoms with E-state index in [-0.39, 0.29) is 24.1 Å². The Morgan fingerprint density at radius 2 is 2.05 bits per heavy atom. The number of carbonyl (C=O) groups is 3. The van der Waals surface area contributed by atoms with Crippen LogP contribution in [0.25, 0.3) is 0 Å². The zero-order chi connectivity index (χ0) is 14.9. The van der Waals surface area contributed by atoms with Gasteiger partial charge in [-0.3, -0.25) is 14.5 Å². The molecule has 20 heavy (non-hydrogen) atoms. The molecule has 2 heterocycles. The summed E-state index contributed by atoms with van der Waals surface area (Å²) in [7, 11) is 3.33.